The van der Waals surface area contributed by atoms with Crippen molar-refractivity contribution in [3.05, 3.63) is 65.1 Å². The highest BCUT2D eigenvalue weighted by molar-refractivity contribution is 7.13. The first-order valence-electron chi connectivity index (χ1n) is 6.46. The molecule has 3 heterocycles. The molecule has 0 fully saturated rings. The standard InChI is InChI=1S/C16H10ClN3S/c17-12-5-2-1-4-11(12)13-7-8-16-18-10-14(20(16)19-13)15-6-3-9-21-15/h1-10H. The lowest BCUT2D eigenvalue weighted by Gasteiger charge is -2.05. The number of hydrogen-bond acceptors (Lipinski definition) is 3. The molecule has 1 aromatic carbocycles. The lowest BCUT2D eigenvalue weighted by Crippen LogP contribution is -1.96. The molecule has 0 amide bonds. The van der Waals surface area contributed by atoms with Crippen molar-refractivity contribution in [2.75, 3.05) is 0 Å². The molecule has 21 heavy (non-hydrogen) atoms. The summed E-state index contributed by atoms with van der Waals surface area (Å²) in [5.74, 6) is 0. The molecule has 0 N–H and O–H groups in total. The van der Waals surface area contributed by atoms with Crippen molar-refractivity contribution in [1.82, 2.24) is 14.6 Å². The van der Waals surface area contributed by atoms with Crippen molar-refractivity contribution in [3.63, 3.8) is 0 Å². The van der Waals surface area contributed by atoms with E-state index in [4.69, 9.17) is 16.7 Å². The molecule has 0 unspecified atom stereocenters. The third kappa shape index (κ3) is 2.13. The largest absolute Gasteiger partial charge is 0.235 e. The van der Waals surface area contributed by atoms with E-state index in [0.29, 0.717) is 5.02 Å². The van der Waals surface area contributed by atoms with E-state index in [2.05, 4.69) is 11.1 Å². The summed E-state index contributed by atoms with van der Waals surface area (Å²) in [6.07, 6.45) is 1.85. The topological polar surface area (TPSA) is 30.2 Å². The quantitative estimate of drug-likeness (QED) is 0.533. The Morgan fingerprint density at radius 1 is 1.00 bits per heavy atom. The van der Waals surface area contributed by atoms with Crippen LogP contribution in [0.15, 0.2) is 60.1 Å². The van der Waals surface area contributed by atoms with Gasteiger partial charge in [-0.15, -0.1) is 11.3 Å². The molecule has 0 spiro atoms. The van der Waals surface area contributed by atoms with E-state index in [9.17, 15) is 0 Å². The number of aromatic nitrogens is 3. The maximum Gasteiger partial charge on any atom is 0.154 e. The molecule has 0 saturated heterocycles. The minimum Gasteiger partial charge on any atom is -0.235 e. The zero-order valence-corrected chi connectivity index (χ0v) is 12.5. The van der Waals surface area contributed by atoms with Crippen LogP contribution in [-0.4, -0.2) is 14.6 Å². The highest BCUT2D eigenvalue weighted by Crippen LogP contribution is 2.28. The van der Waals surface area contributed by atoms with Crippen LogP contribution < -0.4 is 0 Å². The lowest BCUT2D eigenvalue weighted by atomic mass is 10.1. The maximum atomic E-state index is 6.26. The fourth-order valence-electron chi connectivity index (χ4n) is 2.28. The van der Waals surface area contributed by atoms with Crippen LogP contribution in [0, 0.1) is 0 Å². The van der Waals surface area contributed by atoms with Crippen LogP contribution >= 0.6 is 22.9 Å². The summed E-state index contributed by atoms with van der Waals surface area (Å²) < 4.78 is 1.87. The maximum absolute atomic E-state index is 6.26. The Bertz CT molecular complexity index is 912. The van der Waals surface area contributed by atoms with Crippen LogP contribution in [0.5, 0.6) is 0 Å². The first kappa shape index (κ1) is 12.6. The first-order chi connectivity index (χ1) is 10.3. The minimum absolute atomic E-state index is 0.696. The van der Waals surface area contributed by atoms with E-state index in [1.807, 2.05) is 58.6 Å². The zero-order chi connectivity index (χ0) is 14.2. The highest BCUT2D eigenvalue weighted by atomic mass is 35.5. The zero-order valence-electron chi connectivity index (χ0n) is 10.9. The predicted molar refractivity (Wildman–Crippen MR) is 86.7 cm³/mol. The summed E-state index contributed by atoms with van der Waals surface area (Å²) in [5, 5.41) is 7.44. The van der Waals surface area contributed by atoms with E-state index < -0.39 is 0 Å². The highest BCUT2D eigenvalue weighted by Gasteiger charge is 2.10. The molecule has 4 rings (SSSR count). The lowest BCUT2D eigenvalue weighted by molar-refractivity contribution is 0.951. The molecule has 3 aromatic heterocycles. The molecule has 3 nitrogen and oxygen atoms in total. The number of hydrogen-bond donors (Lipinski definition) is 0. The summed E-state index contributed by atoms with van der Waals surface area (Å²) >= 11 is 7.93. The number of nitrogens with zero attached hydrogens (tertiary/aromatic N) is 3. The Morgan fingerprint density at radius 2 is 1.90 bits per heavy atom. The summed E-state index contributed by atoms with van der Waals surface area (Å²) in [6.45, 7) is 0. The fourth-order valence-corrected chi connectivity index (χ4v) is 3.23. The van der Waals surface area contributed by atoms with Crippen LogP contribution in [0.4, 0.5) is 0 Å². The van der Waals surface area contributed by atoms with E-state index in [-0.39, 0.29) is 0 Å². The third-order valence-corrected chi connectivity index (χ3v) is 4.51. The average Bonchev–Trinajstić information content (AvgIpc) is 3.16. The summed E-state index contributed by atoms with van der Waals surface area (Å²) in [7, 11) is 0. The molecule has 0 aliphatic heterocycles. The van der Waals surface area contributed by atoms with E-state index in [1.165, 1.54) is 0 Å². The molecule has 4 aromatic rings. The van der Waals surface area contributed by atoms with E-state index in [1.54, 1.807) is 11.3 Å². The molecule has 102 valence electrons. The summed E-state index contributed by atoms with van der Waals surface area (Å²) in [6, 6.07) is 15.7. The smallest absolute Gasteiger partial charge is 0.154 e. The Hall–Kier alpha value is -2.17. The average molecular weight is 312 g/mol. The van der Waals surface area contributed by atoms with Gasteiger partial charge in [0.2, 0.25) is 0 Å². The van der Waals surface area contributed by atoms with Gasteiger partial charge < -0.3 is 0 Å². The van der Waals surface area contributed by atoms with Crippen molar-refractivity contribution in [2.24, 2.45) is 0 Å². The number of thiophene rings is 1. The Labute approximate surface area is 130 Å². The summed E-state index contributed by atoms with van der Waals surface area (Å²) in [5.41, 5.74) is 3.58. The van der Waals surface area contributed by atoms with Gasteiger partial charge in [0.1, 0.15) is 5.69 Å². The van der Waals surface area contributed by atoms with Crippen molar-refractivity contribution in [1.29, 1.82) is 0 Å². The number of imidazole rings is 1. The fraction of sp³-hybridized carbons (Fsp3) is 0. The SMILES string of the molecule is Clc1ccccc1-c1ccc2ncc(-c3cccs3)n2n1. The van der Waals surface area contributed by atoms with Crippen LogP contribution in [0.3, 0.4) is 0 Å². The Balaban J connectivity index is 1.94. The second kappa shape index (κ2) is 4.98. The van der Waals surface area contributed by atoms with Gasteiger partial charge in [-0.2, -0.15) is 5.10 Å². The van der Waals surface area contributed by atoms with Gasteiger partial charge in [0, 0.05) is 5.56 Å². The van der Waals surface area contributed by atoms with E-state index in [0.717, 1.165) is 27.5 Å². The second-order valence-corrected chi connectivity index (χ2v) is 5.94. The van der Waals surface area contributed by atoms with Crippen LogP contribution in [0.25, 0.3) is 27.5 Å². The molecular formula is C16H10ClN3S. The molecule has 0 bridgehead atoms. The molecule has 5 heteroatoms. The monoisotopic (exact) mass is 311 g/mol. The molecular weight excluding hydrogens is 302 g/mol. The number of halogens is 1. The molecule has 0 radical (unpaired) electrons. The van der Waals surface area contributed by atoms with Crippen molar-refractivity contribution in [2.45, 2.75) is 0 Å². The number of fused-ring (bicyclic) bond motifs is 1. The normalized spacial score (nSPS) is 11.1. The predicted octanol–water partition coefficient (Wildman–Crippen LogP) is 4.78. The van der Waals surface area contributed by atoms with Crippen molar-refractivity contribution >= 4 is 28.6 Å². The number of benzene rings is 1. The van der Waals surface area contributed by atoms with Gasteiger partial charge in [0.25, 0.3) is 0 Å². The molecule has 0 atom stereocenters. The van der Waals surface area contributed by atoms with Crippen molar-refractivity contribution < 1.29 is 0 Å². The second-order valence-electron chi connectivity index (χ2n) is 4.59. The summed E-state index contributed by atoms with van der Waals surface area (Å²) in [4.78, 5) is 5.55. The number of rotatable bonds is 2. The van der Waals surface area contributed by atoms with Gasteiger partial charge >= 0.3 is 0 Å². The van der Waals surface area contributed by atoms with Gasteiger partial charge in [-0.3, -0.25) is 0 Å². The minimum atomic E-state index is 0.696. The molecule has 0 saturated carbocycles. The van der Waals surface area contributed by atoms with Gasteiger partial charge in [-0.25, -0.2) is 9.50 Å². The molecule has 0 aliphatic rings. The Morgan fingerprint density at radius 3 is 2.71 bits per heavy atom. The Kier molecular flexibility index (Phi) is 2.98. The van der Waals surface area contributed by atoms with Crippen LogP contribution in [0.2, 0.25) is 5.02 Å². The third-order valence-electron chi connectivity index (χ3n) is 3.29. The van der Waals surface area contributed by atoms with Gasteiger partial charge in [-0.1, -0.05) is 35.9 Å². The van der Waals surface area contributed by atoms with Gasteiger partial charge in [0.15, 0.2) is 5.65 Å². The van der Waals surface area contributed by atoms with Gasteiger partial charge in [0.05, 0.1) is 21.8 Å². The van der Waals surface area contributed by atoms with Crippen molar-refractivity contribution in [3.8, 4) is 21.8 Å². The first-order valence-corrected chi connectivity index (χ1v) is 7.72. The van der Waals surface area contributed by atoms with Gasteiger partial charge in [-0.05, 0) is 29.6 Å². The van der Waals surface area contributed by atoms with Crippen LogP contribution in [-0.2, 0) is 0 Å². The molecule has 0 aliphatic carbocycles. The van der Waals surface area contributed by atoms with Crippen LogP contribution in [0.1, 0.15) is 0 Å². The van der Waals surface area contributed by atoms with E-state index >= 15 is 0 Å².